The first kappa shape index (κ1) is 12.8. The van der Waals surface area contributed by atoms with Crippen LogP contribution in [0.5, 0.6) is 0 Å². The van der Waals surface area contributed by atoms with Crippen molar-refractivity contribution < 1.29 is 9.50 Å². The number of hydrogen-bond acceptors (Lipinski definition) is 1. The van der Waals surface area contributed by atoms with Gasteiger partial charge in [0.2, 0.25) is 0 Å². The van der Waals surface area contributed by atoms with Gasteiger partial charge in [-0.1, -0.05) is 42.0 Å². The van der Waals surface area contributed by atoms with Crippen LogP contribution >= 0.6 is 0 Å². The summed E-state index contributed by atoms with van der Waals surface area (Å²) in [6.07, 6.45) is 0.469. The van der Waals surface area contributed by atoms with E-state index in [9.17, 15) is 9.50 Å². The fourth-order valence-corrected chi connectivity index (χ4v) is 2.03. The highest BCUT2D eigenvalue weighted by atomic mass is 19.1. The fraction of sp³-hybridized carbons (Fsp3) is 0.250. The van der Waals surface area contributed by atoms with E-state index in [-0.39, 0.29) is 5.82 Å². The molecule has 1 nitrogen and oxygen atoms in total. The molecule has 0 aromatic heterocycles. The van der Waals surface area contributed by atoms with Gasteiger partial charge < -0.3 is 5.11 Å². The zero-order valence-electron chi connectivity index (χ0n) is 10.7. The van der Waals surface area contributed by atoms with Gasteiger partial charge in [0, 0.05) is 6.42 Å². The average Bonchev–Trinajstić information content (AvgIpc) is 2.32. The SMILES string of the molecule is Cc1ccc(CC(C)(O)c2cccc(F)c2)cc1. The predicted molar refractivity (Wildman–Crippen MR) is 70.9 cm³/mol. The van der Waals surface area contributed by atoms with Crippen molar-refractivity contribution in [2.24, 2.45) is 0 Å². The Morgan fingerprint density at radius 3 is 2.39 bits per heavy atom. The van der Waals surface area contributed by atoms with Gasteiger partial charge in [-0.15, -0.1) is 0 Å². The highest BCUT2D eigenvalue weighted by Crippen LogP contribution is 2.25. The third kappa shape index (κ3) is 2.96. The van der Waals surface area contributed by atoms with E-state index in [4.69, 9.17) is 0 Å². The van der Waals surface area contributed by atoms with Crippen molar-refractivity contribution in [1.82, 2.24) is 0 Å². The van der Waals surface area contributed by atoms with E-state index in [1.54, 1.807) is 19.1 Å². The first-order valence-electron chi connectivity index (χ1n) is 6.01. The first-order valence-corrected chi connectivity index (χ1v) is 6.01. The molecule has 0 aliphatic carbocycles. The molecular formula is C16H17FO. The summed E-state index contributed by atoms with van der Waals surface area (Å²) in [4.78, 5) is 0. The smallest absolute Gasteiger partial charge is 0.123 e. The molecular weight excluding hydrogens is 227 g/mol. The summed E-state index contributed by atoms with van der Waals surface area (Å²) >= 11 is 0. The van der Waals surface area contributed by atoms with E-state index in [0.717, 1.165) is 5.56 Å². The van der Waals surface area contributed by atoms with E-state index in [1.807, 2.05) is 31.2 Å². The maximum atomic E-state index is 13.2. The van der Waals surface area contributed by atoms with E-state index >= 15 is 0 Å². The highest BCUT2D eigenvalue weighted by Gasteiger charge is 2.23. The van der Waals surface area contributed by atoms with E-state index in [1.165, 1.54) is 17.7 Å². The molecule has 0 spiro atoms. The van der Waals surface area contributed by atoms with Crippen LogP contribution in [0.25, 0.3) is 0 Å². The van der Waals surface area contributed by atoms with Gasteiger partial charge in [0.25, 0.3) is 0 Å². The van der Waals surface area contributed by atoms with Crippen molar-refractivity contribution in [2.45, 2.75) is 25.9 Å². The van der Waals surface area contributed by atoms with Crippen LogP contribution in [-0.4, -0.2) is 5.11 Å². The number of rotatable bonds is 3. The van der Waals surface area contributed by atoms with Crippen molar-refractivity contribution in [1.29, 1.82) is 0 Å². The molecule has 0 amide bonds. The second-order valence-corrected chi connectivity index (χ2v) is 4.95. The molecule has 2 aromatic rings. The highest BCUT2D eigenvalue weighted by molar-refractivity contribution is 5.28. The Hall–Kier alpha value is -1.67. The molecule has 0 aliphatic heterocycles. The summed E-state index contributed by atoms with van der Waals surface area (Å²) in [6, 6.07) is 14.1. The first-order chi connectivity index (χ1) is 8.47. The Labute approximate surface area is 107 Å². The largest absolute Gasteiger partial charge is 0.385 e. The lowest BCUT2D eigenvalue weighted by atomic mass is 9.89. The molecule has 94 valence electrons. The Morgan fingerprint density at radius 2 is 1.78 bits per heavy atom. The van der Waals surface area contributed by atoms with Gasteiger partial charge >= 0.3 is 0 Å². The van der Waals surface area contributed by atoms with Crippen LogP contribution < -0.4 is 0 Å². The molecule has 0 aliphatic rings. The summed E-state index contributed by atoms with van der Waals surface area (Å²) < 4.78 is 13.2. The molecule has 0 fully saturated rings. The Bertz CT molecular complexity index is 529. The lowest BCUT2D eigenvalue weighted by molar-refractivity contribution is 0.0573. The van der Waals surface area contributed by atoms with Crippen molar-refractivity contribution in [2.75, 3.05) is 0 Å². The molecule has 2 rings (SSSR count). The molecule has 1 unspecified atom stereocenters. The molecule has 1 N–H and O–H groups in total. The summed E-state index contributed by atoms with van der Waals surface area (Å²) in [5.41, 5.74) is 1.76. The quantitative estimate of drug-likeness (QED) is 0.875. The zero-order chi connectivity index (χ0) is 13.2. The third-order valence-electron chi connectivity index (χ3n) is 3.12. The maximum Gasteiger partial charge on any atom is 0.123 e. The summed E-state index contributed by atoms with van der Waals surface area (Å²) in [5, 5.41) is 10.5. The minimum absolute atomic E-state index is 0.323. The van der Waals surface area contributed by atoms with Gasteiger partial charge in [0.05, 0.1) is 5.60 Å². The Kier molecular flexibility index (Phi) is 3.48. The summed E-state index contributed by atoms with van der Waals surface area (Å²) in [7, 11) is 0. The molecule has 0 bridgehead atoms. The predicted octanol–water partition coefficient (Wildman–Crippen LogP) is 3.58. The van der Waals surface area contributed by atoms with E-state index in [2.05, 4.69) is 0 Å². The minimum atomic E-state index is -1.06. The lowest BCUT2D eigenvalue weighted by Gasteiger charge is -2.24. The van der Waals surface area contributed by atoms with Crippen molar-refractivity contribution in [3.8, 4) is 0 Å². The average molecular weight is 244 g/mol. The van der Waals surface area contributed by atoms with Gasteiger partial charge in [0.1, 0.15) is 5.82 Å². The number of halogens is 1. The Morgan fingerprint density at radius 1 is 1.11 bits per heavy atom. The van der Waals surface area contributed by atoms with Gasteiger partial charge in [-0.05, 0) is 37.1 Å². The molecule has 18 heavy (non-hydrogen) atoms. The minimum Gasteiger partial charge on any atom is -0.385 e. The van der Waals surface area contributed by atoms with Gasteiger partial charge in [-0.3, -0.25) is 0 Å². The molecule has 2 aromatic carbocycles. The summed E-state index contributed by atoms with van der Waals surface area (Å²) in [5.74, 6) is -0.323. The summed E-state index contributed by atoms with van der Waals surface area (Å²) in [6.45, 7) is 3.73. The third-order valence-corrected chi connectivity index (χ3v) is 3.12. The lowest BCUT2D eigenvalue weighted by Crippen LogP contribution is -2.24. The van der Waals surface area contributed by atoms with E-state index < -0.39 is 5.60 Å². The second kappa shape index (κ2) is 4.91. The van der Waals surface area contributed by atoms with Crippen LogP contribution in [-0.2, 0) is 12.0 Å². The Balaban J connectivity index is 2.23. The zero-order valence-corrected chi connectivity index (χ0v) is 10.7. The van der Waals surface area contributed by atoms with Gasteiger partial charge in [0.15, 0.2) is 0 Å². The molecule has 0 saturated carbocycles. The van der Waals surface area contributed by atoms with Crippen LogP contribution in [0.15, 0.2) is 48.5 Å². The number of aryl methyl sites for hydroxylation is 1. The topological polar surface area (TPSA) is 20.2 Å². The van der Waals surface area contributed by atoms with Crippen LogP contribution in [0.1, 0.15) is 23.6 Å². The monoisotopic (exact) mass is 244 g/mol. The molecule has 0 heterocycles. The van der Waals surface area contributed by atoms with Crippen LogP contribution in [0.3, 0.4) is 0 Å². The number of aliphatic hydroxyl groups is 1. The fourth-order valence-electron chi connectivity index (χ4n) is 2.03. The van der Waals surface area contributed by atoms with Crippen LogP contribution in [0.2, 0.25) is 0 Å². The molecule has 2 heteroatoms. The van der Waals surface area contributed by atoms with Crippen molar-refractivity contribution in [3.63, 3.8) is 0 Å². The molecule has 0 radical (unpaired) electrons. The molecule has 1 atom stereocenters. The standard InChI is InChI=1S/C16H17FO/c1-12-6-8-13(9-7-12)11-16(2,18)14-4-3-5-15(17)10-14/h3-10,18H,11H2,1-2H3. The van der Waals surface area contributed by atoms with E-state index in [0.29, 0.717) is 12.0 Å². The van der Waals surface area contributed by atoms with Crippen LogP contribution in [0, 0.1) is 12.7 Å². The van der Waals surface area contributed by atoms with Gasteiger partial charge in [-0.25, -0.2) is 4.39 Å². The number of benzene rings is 2. The second-order valence-electron chi connectivity index (χ2n) is 4.95. The van der Waals surface area contributed by atoms with Crippen LogP contribution in [0.4, 0.5) is 4.39 Å². The molecule has 0 saturated heterocycles. The maximum absolute atomic E-state index is 13.2. The van der Waals surface area contributed by atoms with Crippen molar-refractivity contribution in [3.05, 3.63) is 71.0 Å². The normalized spacial score (nSPS) is 14.2. The van der Waals surface area contributed by atoms with Gasteiger partial charge in [-0.2, -0.15) is 0 Å². The van der Waals surface area contributed by atoms with Crippen molar-refractivity contribution >= 4 is 0 Å². The number of hydrogen-bond donors (Lipinski definition) is 1.